The van der Waals surface area contributed by atoms with Gasteiger partial charge in [-0.25, -0.2) is 4.79 Å². The second-order valence-corrected chi connectivity index (χ2v) is 4.63. The average Bonchev–Trinajstić information content (AvgIpc) is 2.38. The Hall–Kier alpha value is -1.59. The first-order valence-corrected chi connectivity index (χ1v) is 6.02. The molecule has 2 rings (SSSR count). The van der Waals surface area contributed by atoms with E-state index in [1.165, 1.54) is 0 Å². The fraction of sp³-hybridized carbons (Fsp3) is 0.462. The highest BCUT2D eigenvalue weighted by Gasteiger charge is 2.18. The fourth-order valence-electron chi connectivity index (χ4n) is 2.10. The number of carboxylic acid groups (broad SMARTS) is 1. The Balaban J connectivity index is 2.14. The van der Waals surface area contributed by atoms with Gasteiger partial charge in [0.1, 0.15) is 0 Å². The van der Waals surface area contributed by atoms with E-state index in [-0.39, 0.29) is 0 Å². The molecule has 1 aromatic carbocycles. The van der Waals surface area contributed by atoms with Gasteiger partial charge in [-0.05, 0) is 24.7 Å². The number of carbonyl (C=O) groups is 1. The molecular weight excluding hydrogens is 232 g/mol. The van der Waals surface area contributed by atoms with Crippen LogP contribution in [-0.2, 0) is 4.79 Å². The van der Waals surface area contributed by atoms with Crippen LogP contribution in [0.1, 0.15) is 11.7 Å². The summed E-state index contributed by atoms with van der Waals surface area (Å²) < 4.78 is 0. The molecule has 0 amide bonds. The maximum Gasteiger partial charge on any atom is 0.337 e. The van der Waals surface area contributed by atoms with Crippen LogP contribution in [0.3, 0.4) is 0 Å². The number of piperazine rings is 1. The van der Waals surface area contributed by atoms with Gasteiger partial charge >= 0.3 is 5.97 Å². The van der Waals surface area contributed by atoms with Gasteiger partial charge in [0, 0.05) is 31.9 Å². The van der Waals surface area contributed by atoms with Crippen molar-refractivity contribution in [2.24, 2.45) is 0 Å². The van der Waals surface area contributed by atoms with Crippen molar-refractivity contribution in [1.82, 2.24) is 4.90 Å². The Bertz CT molecular complexity index is 428. The van der Waals surface area contributed by atoms with E-state index in [9.17, 15) is 9.90 Å². The Morgan fingerprint density at radius 1 is 1.28 bits per heavy atom. The van der Waals surface area contributed by atoms with Crippen molar-refractivity contribution < 1.29 is 15.0 Å². The summed E-state index contributed by atoms with van der Waals surface area (Å²) in [5.74, 6) is -1.22. The summed E-state index contributed by atoms with van der Waals surface area (Å²) in [6.45, 7) is 3.82. The smallest absolute Gasteiger partial charge is 0.337 e. The molecule has 1 saturated heterocycles. The van der Waals surface area contributed by atoms with E-state index in [0.717, 1.165) is 31.9 Å². The molecule has 0 spiro atoms. The lowest BCUT2D eigenvalue weighted by molar-refractivity contribution is -0.146. The van der Waals surface area contributed by atoms with Crippen LogP contribution in [0.4, 0.5) is 5.69 Å². The van der Waals surface area contributed by atoms with Gasteiger partial charge in [-0.2, -0.15) is 0 Å². The number of hydrogen-bond donors (Lipinski definition) is 2. The van der Waals surface area contributed by atoms with Crippen LogP contribution in [0.2, 0.25) is 0 Å². The first-order valence-electron chi connectivity index (χ1n) is 6.02. The van der Waals surface area contributed by atoms with Gasteiger partial charge in [0.15, 0.2) is 6.10 Å². The molecule has 0 radical (unpaired) electrons. The topological polar surface area (TPSA) is 64.0 Å². The van der Waals surface area contributed by atoms with E-state index in [2.05, 4.69) is 16.8 Å². The first kappa shape index (κ1) is 12.9. The molecule has 1 atom stereocenters. The predicted octanol–water partition coefficient (Wildman–Crippen LogP) is 0.556. The van der Waals surface area contributed by atoms with E-state index in [1.807, 2.05) is 6.07 Å². The highest BCUT2D eigenvalue weighted by molar-refractivity contribution is 5.74. The molecule has 1 heterocycles. The summed E-state index contributed by atoms with van der Waals surface area (Å²) in [7, 11) is 2.09. The molecule has 0 aromatic heterocycles. The Morgan fingerprint density at radius 2 is 1.94 bits per heavy atom. The number of rotatable bonds is 3. The second kappa shape index (κ2) is 5.37. The molecule has 18 heavy (non-hydrogen) atoms. The standard InChI is InChI=1S/C13H18N2O3/c1-14-5-7-15(8-6-14)11-4-2-3-10(9-11)12(16)13(17)18/h2-4,9,12,16H,5-8H2,1H3,(H,17,18). The summed E-state index contributed by atoms with van der Waals surface area (Å²) in [6.07, 6.45) is -1.45. The van der Waals surface area contributed by atoms with Crippen molar-refractivity contribution in [2.75, 3.05) is 38.1 Å². The van der Waals surface area contributed by atoms with Crippen molar-refractivity contribution in [3.05, 3.63) is 29.8 Å². The van der Waals surface area contributed by atoms with Gasteiger partial charge in [-0.3, -0.25) is 0 Å². The Kier molecular flexibility index (Phi) is 3.84. The number of carboxylic acids is 1. The predicted molar refractivity (Wildman–Crippen MR) is 68.7 cm³/mol. The van der Waals surface area contributed by atoms with E-state index >= 15 is 0 Å². The zero-order valence-electron chi connectivity index (χ0n) is 10.4. The van der Waals surface area contributed by atoms with Crippen LogP contribution in [0.5, 0.6) is 0 Å². The number of likely N-dealkylation sites (N-methyl/N-ethyl adjacent to an activating group) is 1. The lowest BCUT2D eigenvalue weighted by atomic mass is 10.1. The first-order chi connectivity index (χ1) is 8.58. The minimum absolute atomic E-state index is 0.430. The highest BCUT2D eigenvalue weighted by Crippen LogP contribution is 2.21. The SMILES string of the molecule is CN1CCN(c2cccc(C(O)C(=O)O)c2)CC1. The molecule has 5 nitrogen and oxygen atoms in total. The van der Waals surface area contributed by atoms with Crippen molar-refractivity contribution in [2.45, 2.75) is 6.10 Å². The lowest BCUT2D eigenvalue weighted by Gasteiger charge is -2.34. The van der Waals surface area contributed by atoms with Crippen molar-refractivity contribution in [3.63, 3.8) is 0 Å². The van der Waals surface area contributed by atoms with E-state index in [0.29, 0.717) is 5.56 Å². The van der Waals surface area contributed by atoms with Crippen LogP contribution in [-0.4, -0.2) is 54.3 Å². The summed E-state index contributed by atoms with van der Waals surface area (Å²) in [4.78, 5) is 15.2. The zero-order chi connectivity index (χ0) is 13.1. The van der Waals surface area contributed by atoms with Gasteiger partial charge in [-0.1, -0.05) is 12.1 Å². The molecule has 0 bridgehead atoms. The molecular formula is C13H18N2O3. The molecule has 0 saturated carbocycles. The number of aliphatic hydroxyl groups excluding tert-OH is 1. The maximum atomic E-state index is 10.8. The van der Waals surface area contributed by atoms with Crippen LogP contribution in [0, 0.1) is 0 Å². The molecule has 1 aliphatic rings. The number of aliphatic hydroxyl groups is 1. The van der Waals surface area contributed by atoms with E-state index in [4.69, 9.17) is 5.11 Å². The normalized spacial score (nSPS) is 18.7. The third-order valence-corrected chi connectivity index (χ3v) is 3.29. The van der Waals surface area contributed by atoms with Crippen LogP contribution >= 0.6 is 0 Å². The summed E-state index contributed by atoms with van der Waals surface area (Å²) in [6, 6.07) is 7.13. The number of anilines is 1. The van der Waals surface area contributed by atoms with Gasteiger partial charge in [0.05, 0.1) is 0 Å². The van der Waals surface area contributed by atoms with E-state index in [1.54, 1.807) is 18.2 Å². The quantitative estimate of drug-likeness (QED) is 0.820. The number of benzene rings is 1. The minimum Gasteiger partial charge on any atom is -0.479 e. The second-order valence-electron chi connectivity index (χ2n) is 4.63. The fourth-order valence-corrected chi connectivity index (χ4v) is 2.10. The number of aliphatic carboxylic acids is 1. The largest absolute Gasteiger partial charge is 0.479 e. The van der Waals surface area contributed by atoms with Gasteiger partial charge in [0.25, 0.3) is 0 Å². The summed E-state index contributed by atoms with van der Waals surface area (Å²) in [5, 5.41) is 18.3. The molecule has 1 aliphatic heterocycles. The Morgan fingerprint density at radius 3 is 2.56 bits per heavy atom. The lowest BCUT2D eigenvalue weighted by Crippen LogP contribution is -2.44. The van der Waals surface area contributed by atoms with Gasteiger partial charge in [-0.15, -0.1) is 0 Å². The molecule has 5 heteroatoms. The van der Waals surface area contributed by atoms with Crippen LogP contribution in [0.15, 0.2) is 24.3 Å². The molecule has 1 aromatic rings. The number of nitrogens with zero attached hydrogens (tertiary/aromatic N) is 2. The molecule has 0 aliphatic carbocycles. The molecule has 1 fully saturated rings. The van der Waals surface area contributed by atoms with Crippen molar-refractivity contribution in [1.29, 1.82) is 0 Å². The van der Waals surface area contributed by atoms with Crippen LogP contribution < -0.4 is 4.90 Å². The zero-order valence-corrected chi connectivity index (χ0v) is 10.4. The maximum absolute atomic E-state index is 10.8. The monoisotopic (exact) mass is 250 g/mol. The highest BCUT2D eigenvalue weighted by atomic mass is 16.4. The Labute approximate surface area is 106 Å². The van der Waals surface area contributed by atoms with Crippen molar-refractivity contribution >= 4 is 11.7 Å². The van der Waals surface area contributed by atoms with Gasteiger partial charge < -0.3 is 20.0 Å². The van der Waals surface area contributed by atoms with Crippen molar-refractivity contribution in [3.8, 4) is 0 Å². The average molecular weight is 250 g/mol. The summed E-state index contributed by atoms with van der Waals surface area (Å²) >= 11 is 0. The van der Waals surface area contributed by atoms with Gasteiger partial charge in [0.2, 0.25) is 0 Å². The molecule has 98 valence electrons. The third kappa shape index (κ3) is 2.80. The summed E-state index contributed by atoms with van der Waals surface area (Å²) in [5.41, 5.74) is 1.40. The van der Waals surface area contributed by atoms with Crippen LogP contribution in [0.25, 0.3) is 0 Å². The third-order valence-electron chi connectivity index (χ3n) is 3.29. The molecule has 2 N–H and O–H groups in total. The number of hydrogen-bond acceptors (Lipinski definition) is 4. The minimum atomic E-state index is -1.45. The van der Waals surface area contributed by atoms with E-state index < -0.39 is 12.1 Å². The molecule has 1 unspecified atom stereocenters.